The molecule has 4 heterocycles. The number of pyridine rings is 2. The third-order valence-corrected chi connectivity index (χ3v) is 6.17. The minimum absolute atomic E-state index is 0.330. The summed E-state index contributed by atoms with van der Waals surface area (Å²) in [7, 11) is 0. The van der Waals surface area contributed by atoms with E-state index in [2.05, 4.69) is 42.7 Å². The van der Waals surface area contributed by atoms with Gasteiger partial charge in [0.15, 0.2) is 17.3 Å². The third kappa shape index (κ3) is 3.52. The van der Waals surface area contributed by atoms with Crippen molar-refractivity contribution in [3.63, 3.8) is 0 Å². The summed E-state index contributed by atoms with van der Waals surface area (Å²) in [4.78, 5) is 13.1. The molecule has 158 valence electrons. The van der Waals surface area contributed by atoms with Crippen molar-refractivity contribution in [3.05, 3.63) is 89.4 Å². The van der Waals surface area contributed by atoms with Gasteiger partial charge in [-0.25, -0.2) is 14.6 Å². The van der Waals surface area contributed by atoms with E-state index < -0.39 is 10.8 Å². The second-order valence-corrected chi connectivity index (χ2v) is 8.50. The Hall–Kier alpha value is -4.30. The molecular formula is C24H22N8. The zero-order valence-corrected chi connectivity index (χ0v) is 18.4. The summed E-state index contributed by atoms with van der Waals surface area (Å²) < 4.78 is 3.22. The highest BCUT2D eigenvalue weighted by molar-refractivity contribution is 5.38. The lowest BCUT2D eigenvalue weighted by Gasteiger charge is -2.41. The van der Waals surface area contributed by atoms with E-state index in [0.29, 0.717) is 23.1 Å². The van der Waals surface area contributed by atoms with Crippen LogP contribution in [-0.2, 0) is 10.8 Å². The first-order valence-electron chi connectivity index (χ1n) is 10.1. The van der Waals surface area contributed by atoms with Gasteiger partial charge in [-0.15, -0.1) is 4.68 Å². The van der Waals surface area contributed by atoms with Gasteiger partial charge in [0.25, 0.3) is 5.82 Å². The molecule has 0 unspecified atom stereocenters. The summed E-state index contributed by atoms with van der Waals surface area (Å²) in [5.41, 5.74) is 1.32. The maximum atomic E-state index is 9.06. The van der Waals surface area contributed by atoms with Crippen LogP contribution in [0.4, 0.5) is 5.82 Å². The predicted molar refractivity (Wildman–Crippen MR) is 120 cm³/mol. The van der Waals surface area contributed by atoms with Crippen molar-refractivity contribution in [1.29, 1.82) is 5.26 Å². The standard InChI is InChI=1S/C24H22N8/c1-23(2,18-8-6-10-21(27-18)31-14-12-17(16-25)29-31)24(3,4)19-9-7-11-22(28-19)32-15-13-20(26-5)30-32/h6-15H,1-4H3. The Bertz CT molecular complexity index is 1260. The molecule has 0 radical (unpaired) electrons. The van der Waals surface area contributed by atoms with Crippen LogP contribution in [0.25, 0.3) is 16.5 Å². The fraction of sp³-hybridized carbons (Fsp3) is 0.250. The summed E-state index contributed by atoms with van der Waals surface area (Å²) in [6, 6.07) is 17.0. The Morgan fingerprint density at radius 3 is 1.81 bits per heavy atom. The van der Waals surface area contributed by atoms with Crippen molar-refractivity contribution in [2.24, 2.45) is 0 Å². The average molecular weight is 422 g/mol. The van der Waals surface area contributed by atoms with E-state index >= 15 is 0 Å². The van der Waals surface area contributed by atoms with Crippen LogP contribution >= 0.6 is 0 Å². The van der Waals surface area contributed by atoms with Gasteiger partial charge in [0.2, 0.25) is 0 Å². The number of rotatable bonds is 5. The minimum atomic E-state index is -0.397. The van der Waals surface area contributed by atoms with E-state index in [4.69, 9.17) is 21.8 Å². The molecule has 0 aliphatic carbocycles. The van der Waals surface area contributed by atoms with Crippen LogP contribution < -0.4 is 0 Å². The Morgan fingerprint density at radius 2 is 1.34 bits per heavy atom. The number of aromatic nitrogens is 6. The van der Waals surface area contributed by atoms with E-state index in [9.17, 15) is 0 Å². The molecule has 0 saturated carbocycles. The van der Waals surface area contributed by atoms with Crippen molar-refractivity contribution in [2.75, 3.05) is 0 Å². The zero-order chi connectivity index (χ0) is 22.9. The third-order valence-electron chi connectivity index (χ3n) is 6.17. The van der Waals surface area contributed by atoms with Crippen LogP contribution in [0.3, 0.4) is 0 Å². The van der Waals surface area contributed by atoms with Gasteiger partial charge in [-0.2, -0.15) is 10.4 Å². The molecule has 0 aliphatic rings. The second kappa shape index (κ2) is 7.75. The normalized spacial score (nSPS) is 11.7. The molecule has 0 amide bonds. The van der Waals surface area contributed by atoms with Crippen molar-refractivity contribution in [3.8, 4) is 17.7 Å². The quantitative estimate of drug-likeness (QED) is 0.441. The molecule has 4 aromatic rings. The summed E-state index contributed by atoms with van der Waals surface area (Å²) in [5.74, 6) is 1.64. The van der Waals surface area contributed by atoms with Crippen LogP contribution in [0.15, 0.2) is 60.9 Å². The van der Waals surface area contributed by atoms with Gasteiger partial charge < -0.3 is 4.85 Å². The molecular weight excluding hydrogens is 400 g/mol. The van der Waals surface area contributed by atoms with Gasteiger partial charge >= 0.3 is 0 Å². The van der Waals surface area contributed by atoms with Crippen molar-refractivity contribution < 1.29 is 0 Å². The van der Waals surface area contributed by atoms with Gasteiger partial charge in [-0.05, 0) is 41.5 Å². The smallest absolute Gasteiger partial charge is 0.295 e. The second-order valence-electron chi connectivity index (χ2n) is 8.50. The van der Waals surface area contributed by atoms with E-state index in [1.165, 1.54) is 0 Å². The maximum absolute atomic E-state index is 9.06. The van der Waals surface area contributed by atoms with Gasteiger partial charge in [0, 0.05) is 34.6 Å². The highest BCUT2D eigenvalue weighted by Crippen LogP contribution is 2.42. The van der Waals surface area contributed by atoms with E-state index in [1.807, 2.05) is 42.5 Å². The van der Waals surface area contributed by atoms with E-state index in [-0.39, 0.29) is 0 Å². The molecule has 0 bridgehead atoms. The summed E-state index contributed by atoms with van der Waals surface area (Å²) in [5, 5.41) is 17.6. The van der Waals surface area contributed by atoms with Gasteiger partial charge in [-0.3, -0.25) is 0 Å². The number of hydrogen-bond acceptors (Lipinski definition) is 5. The van der Waals surface area contributed by atoms with Crippen molar-refractivity contribution >= 4 is 5.82 Å². The van der Waals surface area contributed by atoms with Crippen molar-refractivity contribution in [2.45, 2.75) is 38.5 Å². The molecule has 0 spiro atoms. The summed E-state index contributed by atoms with van der Waals surface area (Å²) in [6.45, 7) is 15.7. The van der Waals surface area contributed by atoms with Gasteiger partial charge in [0.05, 0.1) is 0 Å². The molecule has 0 fully saturated rings. The molecule has 0 atom stereocenters. The van der Waals surface area contributed by atoms with Gasteiger partial charge in [0.1, 0.15) is 6.07 Å². The molecule has 8 nitrogen and oxygen atoms in total. The first kappa shape index (κ1) is 21.0. The van der Waals surface area contributed by atoms with Crippen LogP contribution in [0.5, 0.6) is 0 Å². The van der Waals surface area contributed by atoms with E-state index in [1.54, 1.807) is 33.9 Å². The predicted octanol–water partition coefficient (Wildman–Crippen LogP) is 4.53. The molecule has 0 N–H and O–H groups in total. The average Bonchev–Trinajstić information content (AvgIpc) is 3.49. The van der Waals surface area contributed by atoms with Gasteiger partial charge in [-0.1, -0.05) is 46.4 Å². The lowest BCUT2D eigenvalue weighted by Crippen LogP contribution is -2.42. The van der Waals surface area contributed by atoms with Crippen LogP contribution in [-0.4, -0.2) is 29.5 Å². The van der Waals surface area contributed by atoms with Crippen LogP contribution in [0.2, 0.25) is 0 Å². The SMILES string of the molecule is [C-]#[N+]c1ccn(-c2cccc(C(C)(C)C(C)(C)c3cccc(-n4ccc(C#N)n4)n3)n2)n1. The maximum Gasteiger partial charge on any atom is 0.295 e. The lowest BCUT2D eigenvalue weighted by atomic mass is 9.64. The zero-order valence-electron chi connectivity index (χ0n) is 18.4. The highest BCUT2D eigenvalue weighted by Gasteiger charge is 2.42. The highest BCUT2D eigenvalue weighted by atomic mass is 15.3. The molecule has 4 rings (SSSR count). The topological polar surface area (TPSA) is 89.6 Å². The summed E-state index contributed by atoms with van der Waals surface area (Å²) >= 11 is 0. The lowest BCUT2D eigenvalue weighted by molar-refractivity contribution is 0.288. The fourth-order valence-electron chi connectivity index (χ4n) is 3.45. The van der Waals surface area contributed by atoms with Crippen molar-refractivity contribution in [1.82, 2.24) is 29.5 Å². The molecule has 0 aromatic carbocycles. The Labute approximate surface area is 186 Å². The number of nitrogens with zero attached hydrogens (tertiary/aromatic N) is 8. The Morgan fingerprint density at radius 1 is 0.812 bits per heavy atom. The first-order valence-corrected chi connectivity index (χ1v) is 10.1. The summed E-state index contributed by atoms with van der Waals surface area (Å²) in [6.07, 6.45) is 3.47. The van der Waals surface area contributed by atoms with E-state index in [0.717, 1.165) is 11.4 Å². The Balaban J connectivity index is 1.72. The first-order chi connectivity index (χ1) is 15.3. The fourth-order valence-corrected chi connectivity index (χ4v) is 3.45. The molecule has 4 aromatic heterocycles. The molecule has 0 aliphatic heterocycles. The molecule has 32 heavy (non-hydrogen) atoms. The number of hydrogen-bond donors (Lipinski definition) is 0. The Kier molecular flexibility index (Phi) is 5.07. The molecule has 0 saturated heterocycles. The minimum Gasteiger partial charge on any atom is -0.359 e. The van der Waals surface area contributed by atoms with Crippen LogP contribution in [0.1, 0.15) is 44.8 Å². The number of nitriles is 1. The monoisotopic (exact) mass is 422 g/mol. The van der Waals surface area contributed by atoms with Crippen LogP contribution in [0, 0.1) is 17.9 Å². The largest absolute Gasteiger partial charge is 0.359 e. The molecule has 8 heteroatoms.